The number of hydrogen-bond donors (Lipinski definition) is 0. The highest BCUT2D eigenvalue weighted by atomic mass is 32.2. The third-order valence-corrected chi connectivity index (χ3v) is 15.0. The topological polar surface area (TPSA) is 30.7 Å². The maximum Gasteiger partial charge on any atom is 0.235 e. The zero-order chi connectivity index (χ0) is 33.2. The van der Waals surface area contributed by atoms with E-state index in [-0.39, 0.29) is 0 Å². The molecule has 0 saturated heterocycles. The Morgan fingerprint density at radius 2 is 1.06 bits per heavy atom. The SMILES string of the molecule is c1ccc2c(c1)Sc1cccc(-c3nc(-n4c5ccccc5c5c6ccccc6c6c7ccccc7sc6c54)nc4c3sc3ccccc34)c1S2. The van der Waals surface area contributed by atoms with E-state index in [9.17, 15) is 0 Å². The van der Waals surface area contributed by atoms with Crippen LogP contribution in [0.2, 0.25) is 0 Å². The van der Waals surface area contributed by atoms with Crippen molar-refractivity contribution in [3.8, 4) is 17.2 Å². The van der Waals surface area contributed by atoms with Crippen molar-refractivity contribution in [3.63, 3.8) is 0 Å². The highest BCUT2D eigenvalue weighted by Crippen LogP contribution is 2.53. The van der Waals surface area contributed by atoms with Gasteiger partial charge in [-0.3, -0.25) is 4.57 Å². The molecule has 0 amide bonds. The lowest BCUT2D eigenvalue weighted by Gasteiger charge is -2.21. The van der Waals surface area contributed by atoms with Gasteiger partial charge in [0, 0.05) is 61.5 Å². The fourth-order valence-corrected chi connectivity index (χ4v) is 12.7. The molecule has 3 nitrogen and oxygen atoms in total. The zero-order valence-corrected chi connectivity index (χ0v) is 30.0. The van der Waals surface area contributed by atoms with Crippen molar-refractivity contribution in [2.75, 3.05) is 0 Å². The van der Waals surface area contributed by atoms with Crippen LogP contribution in [0.3, 0.4) is 0 Å². The van der Waals surface area contributed by atoms with E-state index in [1.807, 2.05) is 34.9 Å². The van der Waals surface area contributed by atoms with Gasteiger partial charge in [-0.15, -0.1) is 22.7 Å². The van der Waals surface area contributed by atoms with Gasteiger partial charge in [-0.1, -0.05) is 127 Å². The summed E-state index contributed by atoms with van der Waals surface area (Å²) in [4.78, 5) is 16.3. The number of nitrogens with zero attached hydrogens (tertiary/aromatic N) is 3. The van der Waals surface area contributed by atoms with Crippen LogP contribution in [0.25, 0.3) is 90.3 Å². The minimum absolute atomic E-state index is 0.702. The third kappa shape index (κ3) is 3.97. The Kier molecular flexibility index (Phi) is 5.96. The van der Waals surface area contributed by atoms with Gasteiger partial charge in [0.25, 0.3) is 0 Å². The fraction of sp³-hybridized carbons (Fsp3) is 0. The van der Waals surface area contributed by atoms with E-state index >= 15 is 0 Å². The van der Waals surface area contributed by atoms with Crippen LogP contribution < -0.4 is 0 Å². The normalized spacial score (nSPS) is 12.9. The second kappa shape index (κ2) is 10.7. The summed E-state index contributed by atoms with van der Waals surface area (Å²) in [6.07, 6.45) is 0. The Morgan fingerprint density at radius 3 is 1.88 bits per heavy atom. The summed E-state index contributed by atoms with van der Waals surface area (Å²) in [6, 6.07) is 50.5. The summed E-state index contributed by atoms with van der Waals surface area (Å²) in [5.74, 6) is 0.702. The van der Waals surface area contributed by atoms with Crippen LogP contribution in [0, 0.1) is 0 Å². The van der Waals surface area contributed by atoms with Crippen molar-refractivity contribution in [1.29, 1.82) is 0 Å². The van der Waals surface area contributed by atoms with Crippen molar-refractivity contribution >= 4 is 119 Å². The molecule has 0 saturated carbocycles. The lowest BCUT2D eigenvalue weighted by atomic mass is 9.99. The molecule has 7 aromatic carbocycles. The third-order valence-electron chi connectivity index (χ3n) is 10.1. The summed E-state index contributed by atoms with van der Waals surface area (Å²) >= 11 is 7.36. The summed E-state index contributed by atoms with van der Waals surface area (Å²) in [5, 5.41) is 8.76. The maximum absolute atomic E-state index is 5.66. The molecule has 0 aliphatic carbocycles. The monoisotopic (exact) mass is 721 g/mol. The number of thiophene rings is 2. The molecule has 1 aliphatic heterocycles. The van der Waals surface area contributed by atoms with Crippen molar-refractivity contribution in [2.45, 2.75) is 19.6 Å². The van der Waals surface area contributed by atoms with E-state index in [2.05, 4.69) is 144 Å². The minimum atomic E-state index is 0.702. The Bertz CT molecular complexity index is 3280. The zero-order valence-electron chi connectivity index (χ0n) is 26.8. The van der Waals surface area contributed by atoms with E-state index in [0.717, 1.165) is 32.4 Å². The molecule has 1 aliphatic rings. The molecule has 7 heteroatoms. The molecule has 238 valence electrons. The predicted octanol–water partition coefficient (Wildman–Crippen LogP) is 13.7. The molecular formula is C44H23N3S4. The molecular weight excluding hydrogens is 699 g/mol. The first-order valence-electron chi connectivity index (χ1n) is 16.8. The second-order valence-corrected chi connectivity index (χ2v) is 17.1. The van der Waals surface area contributed by atoms with E-state index in [0.29, 0.717) is 5.95 Å². The van der Waals surface area contributed by atoms with Crippen molar-refractivity contribution in [3.05, 3.63) is 140 Å². The first-order chi connectivity index (χ1) is 25.3. The standard InChI is InChI=1S/C44H23N3S4/c1-2-13-25-24(12-1)36-26-14-3-6-18-30(26)47(40(36)42-37(25)27-15-4-7-19-31(27)49-42)44-45-38-28-16-5-8-20-32(28)50-43(38)39(46-44)29-17-11-23-35-41(29)51-34-22-10-9-21-33(34)48-35/h1-23H. The molecule has 0 atom stereocenters. The Balaban J connectivity index is 1.26. The molecule has 11 aromatic rings. The highest BCUT2D eigenvalue weighted by Gasteiger charge is 2.27. The molecule has 0 unspecified atom stereocenters. The average molecular weight is 722 g/mol. The first kappa shape index (κ1) is 28.5. The van der Waals surface area contributed by atoms with E-state index < -0.39 is 0 Å². The Morgan fingerprint density at radius 1 is 0.451 bits per heavy atom. The average Bonchev–Trinajstić information content (AvgIpc) is 3.87. The van der Waals surface area contributed by atoms with Gasteiger partial charge in [0.2, 0.25) is 5.95 Å². The number of para-hydroxylation sites is 1. The first-order valence-corrected chi connectivity index (χ1v) is 20.1. The van der Waals surface area contributed by atoms with E-state index in [4.69, 9.17) is 9.97 Å². The predicted molar refractivity (Wildman–Crippen MR) is 220 cm³/mol. The van der Waals surface area contributed by atoms with Crippen LogP contribution in [0.5, 0.6) is 0 Å². The lowest BCUT2D eigenvalue weighted by molar-refractivity contribution is 1.02. The van der Waals surface area contributed by atoms with Crippen molar-refractivity contribution in [2.24, 2.45) is 0 Å². The number of benzene rings is 7. The molecule has 0 spiro atoms. The van der Waals surface area contributed by atoms with Gasteiger partial charge >= 0.3 is 0 Å². The van der Waals surface area contributed by atoms with Gasteiger partial charge in [0.05, 0.1) is 31.6 Å². The van der Waals surface area contributed by atoms with Crippen molar-refractivity contribution < 1.29 is 0 Å². The quantitative estimate of drug-likeness (QED) is 0.178. The van der Waals surface area contributed by atoms with Crippen molar-refractivity contribution in [1.82, 2.24) is 14.5 Å². The van der Waals surface area contributed by atoms with Crippen LogP contribution in [0.1, 0.15) is 0 Å². The highest BCUT2D eigenvalue weighted by molar-refractivity contribution is 8.05. The van der Waals surface area contributed by atoms with Crippen LogP contribution >= 0.6 is 46.2 Å². The fourth-order valence-electron chi connectivity index (χ4n) is 7.93. The Hall–Kier alpha value is -5.18. The van der Waals surface area contributed by atoms with Gasteiger partial charge in [-0.05, 0) is 47.2 Å². The summed E-state index contributed by atoms with van der Waals surface area (Å²) in [5.41, 5.74) is 5.42. The molecule has 0 radical (unpaired) electrons. The van der Waals surface area contributed by atoms with E-state index in [1.165, 1.54) is 71.5 Å². The Labute approximate surface area is 308 Å². The van der Waals surface area contributed by atoms with Gasteiger partial charge in [-0.25, -0.2) is 9.97 Å². The van der Waals surface area contributed by atoms with Gasteiger partial charge in [0.15, 0.2) is 0 Å². The molecule has 12 rings (SSSR count). The maximum atomic E-state index is 5.66. The number of rotatable bonds is 2. The van der Waals surface area contributed by atoms with Crippen LogP contribution in [-0.2, 0) is 0 Å². The van der Waals surface area contributed by atoms with Gasteiger partial charge in [-0.2, -0.15) is 0 Å². The van der Waals surface area contributed by atoms with Gasteiger partial charge < -0.3 is 0 Å². The number of hydrogen-bond acceptors (Lipinski definition) is 6. The number of fused-ring (bicyclic) bond motifs is 15. The minimum Gasteiger partial charge on any atom is -0.276 e. The molecule has 0 N–H and O–H groups in total. The molecule has 51 heavy (non-hydrogen) atoms. The lowest BCUT2D eigenvalue weighted by Crippen LogP contribution is -2.03. The molecule has 5 heterocycles. The van der Waals surface area contributed by atoms with Crippen LogP contribution in [-0.4, -0.2) is 14.5 Å². The molecule has 0 fully saturated rings. The largest absolute Gasteiger partial charge is 0.276 e. The summed E-state index contributed by atoms with van der Waals surface area (Å²) in [6.45, 7) is 0. The summed E-state index contributed by atoms with van der Waals surface area (Å²) < 4.78 is 7.25. The van der Waals surface area contributed by atoms with Gasteiger partial charge in [0.1, 0.15) is 0 Å². The smallest absolute Gasteiger partial charge is 0.235 e. The van der Waals surface area contributed by atoms with Crippen LogP contribution in [0.15, 0.2) is 159 Å². The molecule has 4 aromatic heterocycles. The van der Waals surface area contributed by atoms with E-state index in [1.54, 1.807) is 11.3 Å². The summed E-state index contributed by atoms with van der Waals surface area (Å²) in [7, 11) is 0. The number of aromatic nitrogens is 3. The van der Waals surface area contributed by atoms with Crippen LogP contribution in [0.4, 0.5) is 0 Å². The second-order valence-electron chi connectivity index (χ2n) is 12.9. The molecule has 0 bridgehead atoms.